The van der Waals surface area contributed by atoms with Crippen LogP contribution in [-0.4, -0.2) is 20.2 Å². The molecule has 186 valence electrons. The molecule has 1 aliphatic carbocycles. The molecule has 1 aliphatic rings. The lowest BCUT2D eigenvalue weighted by Gasteiger charge is -2.25. The highest BCUT2D eigenvalue weighted by atomic mass is 31.2. The number of esters is 1. The summed E-state index contributed by atoms with van der Waals surface area (Å²) in [6.07, 6.45) is 2.33. The Morgan fingerprint density at radius 2 is 1.41 bits per heavy atom. The number of methoxy groups -OCH3 is 2. The van der Waals surface area contributed by atoms with E-state index in [2.05, 4.69) is 4.74 Å². The van der Waals surface area contributed by atoms with Crippen LogP contribution >= 0.6 is 7.60 Å². The van der Waals surface area contributed by atoms with E-state index in [0.29, 0.717) is 16.6 Å². The van der Waals surface area contributed by atoms with Gasteiger partial charge in [-0.2, -0.15) is 0 Å². The molecule has 5 rings (SSSR count). The van der Waals surface area contributed by atoms with Crippen LogP contribution in [0.1, 0.15) is 22.8 Å². The van der Waals surface area contributed by atoms with Gasteiger partial charge in [0.2, 0.25) is 0 Å². The number of ether oxygens (including phenoxy) is 2. The molecule has 0 aliphatic heterocycles. The summed E-state index contributed by atoms with van der Waals surface area (Å²) < 4.78 is 37.4. The summed E-state index contributed by atoms with van der Waals surface area (Å²) in [7, 11) is -1.11. The van der Waals surface area contributed by atoms with Gasteiger partial charge in [0.25, 0.3) is 0 Å². The Kier molecular flexibility index (Phi) is 6.95. The van der Waals surface area contributed by atoms with Gasteiger partial charge >= 0.3 is 13.6 Å². The van der Waals surface area contributed by atoms with Crippen molar-refractivity contribution in [1.29, 1.82) is 0 Å². The average Bonchev–Trinajstić information content (AvgIpc) is 3.26. The highest BCUT2D eigenvalue weighted by molar-refractivity contribution is 7.62. The lowest BCUT2D eigenvalue weighted by molar-refractivity contribution is -0.134. The van der Waals surface area contributed by atoms with Crippen molar-refractivity contribution in [2.75, 3.05) is 14.2 Å². The Labute approximate surface area is 215 Å². The zero-order chi connectivity index (χ0) is 25.8. The second-order valence-corrected chi connectivity index (χ2v) is 10.3. The Bertz CT molecular complexity index is 1470. The second kappa shape index (κ2) is 10.5. The first kappa shape index (κ1) is 24.6. The van der Waals surface area contributed by atoms with E-state index in [1.165, 1.54) is 20.3 Å². The van der Waals surface area contributed by atoms with Gasteiger partial charge in [0.15, 0.2) is 11.5 Å². The van der Waals surface area contributed by atoms with Crippen LogP contribution < -0.4 is 14.6 Å². The van der Waals surface area contributed by atoms with Crippen LogP contribution in [0, 0.1) is 0 Å². The summed E-state index contributed by atoms with van der Waals surface area (Å²) in [5.74, 6) is 0.127. The van der Waals surface area contributed by atoms with Gasteiger partial charge in [0.1, 0.15) is 6.10 Å². The minimum Gasteiger partial charge on any atom is -0.493 e. The molecule has 0 amide bonds. The fourth-order valence-electron chi connectivity index (χ4n) is 4.33. The molecule has 6 nitrogen and oxygen atoms in total. The van der Waals surface area contributed by atoms with Crippen molar-refractivity contribution >= 4 is 24.9 Å². The van der Waals surface area contributed by atoms with Crippen molar-refractivity contribution < 1.29 is 27.9 Å². The molecule has 0 fully saturated rings. The molecular weight excluding hydrogens is 487 g/mol. The van der Waals surface area contributed by atoms with E-state index in [1.54, 1.807) is 48.5 Å². The van der Waals surface area contributed by atoms with Crippen molar-refractivity contribution in [1.82, 2.24) is 0 Å². The largest absolute Gasteiger partial charge is 0.493 e. The number of benzene rings is 4. The average molecular weight is 512 g/mol. The Hall–Kier alpha value is -4.12. The number of carbonyl (C=O) groups is 1. The first-order valence-corrected chi connectivity index (χ1v) is 13.2. The van der Waals surface area contributed by atoms with E-state index in [1.807, 2.05) is 54.6 Å². The maximum absolute atomic E-state index is 14.6. The third-order valence-corrected chi connectivity index (χ3v) is 7.97. The molecule has 0 bridgehead atoms. The molecule has 4 aromatic rings. The normalized spacial score (nSPS) is 14.0. The molecule has 0 heterocycles. The standard InChI is InChI=1S/C30H25O6P/c1-33-28-20-21(17-19-29(31)34-2)16-18-27(28)35-37(32,22-10-4-3-5-11-22)36-30-25-14-8-6-12-23(25)24-13-7-9-15-26(24)30/h3-20,30H,1-2H3/b19-17+/t37-/m1/s1. The molecule has 37 heavy (non-hydrogen) atoms. The fraction of sp³-hybridized carbons (Fsp3) is 0.100. The molecule has 0 spiro atoms. The number of rotatable bonds is 8. The molecule has 0 N–H and O–H groups in total. The van der Waals surface area contributed by atoms with E-state index in [0.717, 1.165) is 22.3 Å². The summed E-state index contributed by atoms with van der Waals surface area (Å²) in [4.78, 5) is 11.5. The molecule has 0 aromatic heterocycles. The van der Waals surface area contributed by atoms with E-state index in [4.69, 9.17) is 13.8 Å². The molecule has 4 aromatic carbocycles. The topological polar surface area (TPSA) is 71.1 Å². The van der Waals surface area contributed by atoms with Crippen molar-refractivity contribution in [2.24, 2.45) is 0 Å². The zero-order valence-corrected chi connectivity index (χ0v) is 21.3. The Morgan fingerprint density at radius 1 is 0.784 bits per heavy atom. The van der Waals surface area contributed by atoms with Crippen molar-refractivity contribution in [3.8, 4) is 22.6 Å². The third kappa shape index (κ3) is 4.94. The quantitative estimate of drug-likeness (QED) is 0.151. The van der Waals surface area contributed by atoms with Crippen LogP contribution in [0.3, 0.4) is 0 Å². The van der Waals surface area contributed by atoms with E-state index < -0.39 is 19.7 Å². The molecule has 0 saturated heterocycles. The number of hydrogen-bond acceptors (Lipinski definition) is 6. The van der Waals surface area contributed by atoms with Crippen molar-refractivity contribution in [3.05, 3.63) is 120 Å². The Morgan fingerprint density at radius 3 is 2.03 bits per heavy atom. The molecule has 0 unspecified atom stereocenters. The second-order valence-electron chi connectivity index (χ2n) is 8.35. The minimum atomic E-state index is -3.92. The predicted octanol–water partition coefficient (Wildman–Crippen LogP) is 6.57. The van der Waals surface area contributed by atoms with Crippen molar-refractivity contribution in [2.45, 2.75) is 6.10 Å². The summed E-state index contributed by atoms with van der Waals surface area (Å²) in [5.41, 5.74) is 4.63. The van der Waals surface area contributed by atoms with Gasteiger partial charge in [0, 0.05) is 6.08 Å². The van der Waals surface area contributed by atoms with Crippen LogP contribution in [0.25, 0.3) is 17.2 Å². The maximum Gasteiger partial charge on any atom is 0.411 e. The van der Waals surface area contributed by atoms with E-state index in [-0.39, 0.29) is 5.75 Å². The van der Waals surface area contributed by atoms with Gasteiger partial charge < -0.3 is 14.0 Å². The minimum absolute atomic E-state index is 0.254. The van der Waals surface area contributed by atoms with Crippen LogP contribution in [0.4, 0.5) is 0 Å². The van der Waals surface area contributed by atoms with Crippen molar-refractivity contribution in [3.63, 3.8) is 0 Å². The summed E-state index contributed by atoms with van der Waals surface area (Å²) in [6, 6.07) is 29.8. The smallest absolute Gasteiger partial charge is 0.411 e. The van der Waals surface area contributed by atoms with Gasteiger partial charge in [0.05, 0.1) is 19.5 Å². The lowest BCUT2D eigenvalue weighted by atomic mass is 10.1. The molecular formula is C30H25O6P. The summed E-state index contributed by atoms with van der Waals surface area (Å²) in [5, 5.41) is 0.425. The first-order chi connectivity index (χ1) is 18.0. The monoisotopic (exact) mass is 512 g/mol. The fourth-order valence-corrected chi connectivity index (χ4v) is 6.05. The Balaban J connectivity index is 1.54. The van der Waals surface area contributed by atoms with Crippen LogP contribution in [0.2, 0.25) is 0 Å². The molecule has 0 radical (unpaired) electrons. The molecule has 1 atom stereocenters. The van der Waals surface area contributed by atoms with Gasteiger partial charge in [-0.05, 0) is 58.2 Å². The maximum atomic E-state index is 14.6. The summed E-state index contributed by atoms with van der Waals surface area (Å²) in [6.45, 7) is 0. The van der Waals surface area contributed by atoms with Crippen LogP contribution in [0.5, 0.6) is 11.5 Å². The number of hydrogen-bond donors (Lipinski definition) is 0. The van der Waals surface area contributed by atoms with Gasteiger partial charge in [-0.1, -0.05) is 72.8 Å². The van der Waals surface area contributed by atoms with Gasteiger partial charge in [-0.3, -0.25) is 4.52 Å². The van der Waals surface area contributed by atoms with E-state index in [9.17, 15) is 9.36 Å². The lowest BCUT2D eigenvalue weighted by Crippen LogP contribution is -2.15. The first-order valence-electron chi connectivity index (χ1n) is 11.7. The number of carbonyl (C=O) groups excluding carboxylic acids is 1. The van der Waals surface area contributed by atoms with Gasteiger partial charge in [-0.25, -0.2) is 9.36 Å². The van der Waals surface area contributed by atoms with Gasteiger partial charge in [-0.15, -0.1) is 0 Å². The summed E-state index contributed by atoms with van der Waals surface area (Å²) >= 11 is 0. The van der Waals surface area contributed by atoms with E-state index >= 15 is 0 Å². The number of fused-ring (bicyclic) bond motifs is 3. The SMILES string of the molecule is COC(=O)/C=C/c1ccc(O[P@@](=O)(OC2c3ccccc3-c3ccccc32)c2ccccc2)c(OC)c1. The van der Waals surface area contributed by atoms with Crippen LogP contribution in [0.15, 0.2) is 103 Å². The highest BCUT2D eigenvalue weighted by Crippen LogP contribution is 2.57. The third-order valence-electron chi connectivity index (χ3n) is 6.11. The highest BCUT2D eigenvalue weighted by Gasteiger charge is 2.39. The molecule has 7 heteroatoms. The van der Waals surface area contributed by atoms with Crippen LogP contribution in [-0.2, 0) is 18.6 Å². The molecule has 0 saturated carbocycles. The predicted molar refractivity (Wildman–Crippen MR) is 143 cm³/mol. The zero-order valence-electron chi connectivity index (χ0n) is 20.4.